The number of nitrogens with zero attached hydrogens (tertiary/aromatic N) is 1. The van der Waals surface area contributed by atoms with Gasteiger partial charge < -0.3 is 16.0 Å². The number of hydrogen-bond donors (Lipinski definition) is 3. The van der Waals surface area contributed by atoms with Crippen molar-refractivity contribution < 1.29 is 4.79 Å². The third kappa shape index (κ3) is 3.22. The average Bonchev–Trinajstić information content (AvgIpc) is 3.04. The topological polar surface area (TPSA) is 66.0 Å². The van der Waals surface area contributed by atoms with Crippen molar-refractivity contribution in [3.63, 3.8) is 0 Å². The van der Waals surface area contributed by atoms with Crippen LogP contribution in [0.4, 0.5) is 5.69 Å². The van der Waals surface area contributed by atoms with Crippen molar-refractivity contribution >= 4 is 23.2 Å². The van der Waals surface area contributed by atoms with Gasteiger partial charge in [0.05, 0.1) is 0 Å². The van der Waals surface area contributed by atoms with Crippen molar-refractivity contribution in [2.75, 3.05) is 11.9 Å². The number of anilines is 1. The molecule has 1 aromatic carbocycles. The van der Waals surface area contributed by atoms with E-state index in [0.29, 0.717) is 18.0 Å². The van der Waals surface area contributed by atoms with E-state index in [4.69, 9.17) is 11.6 Å². The molecule has 0 fully saturated rings. The van der Waals surface area contributed by atoms with Crippen LogP contribution in [0.25, 0.3) is 0 Å². The Labute approximate surface area is 152 Å². The molecule has 0 saturated heterocycles. The quantitative estimate of drug-likeness (QED) is 0.789. The highest BCUT2D eigenvalue weighted by Gasteiger charge is 2.27. The molecule has 1 amide bonds. The highest BCUT2D eigenvalue weighted by atomic mass is 35.5. The molecule has 1 aromatic heterocycles. The zero-order valence-electron chi connectivity index (χ0n) is 14.2. The first-order chi connectivity index (χ1) is 12.1. The van der Waals surface area contributed by atoms with Crippen LogP contribution in [0.2, 0.25) is 5.02 Å². The lowest BCUT2D eigenvalue weighted by molar-refractivity contribution is -0.121. The van der Waals surface area contributed by atoms with E-state index in [9.17, 15) is 4.79 Å². The first kappa shape index (κ1) is 16.4. The first-order valence-corrected chi connectivity index (χ1v) is 8.99. The Balaban J connectivity index is 1.45. The molecule has 0 aliphatic carbocycles. The Morgan fingerprint density at radius 1 is 1.40 bits per heavy atom. The van der Waals surface area contributed by atoms with Gasteiger partial charge in [-0.25, -0.2) is 0 Å². The summed E-state index contributed by atoms with van der Waals surface area (Å²) in [5.41, 5.74) is 6.81. The van der Waals surface area contributed by atoms with Gasteiger partial charge in [-0.15, -0.1) is 0 Å². The fourth-order valence-electron chi connectivity index (χ4n) is 3.67. The third-order valence-electron chi connectivity index (χ3n) is 5.05. The van der Waals surface area contributed by atoms with Crippen LogP contribution in [0.3, 0.4) is 0 Å². The monoisotopic (exact) mass is 356 g/mol. The van der Waals surface area contributed by atoms with Gasteiger partial charge in [-0.1, -0.05) is 11.6 Å². The second kappa shape index (κ2) is 6.65. The molecule has 3 heterocycles. The Bertz CT molecular complexity index is 836. The Morgan fingerprint density at radius 2 is 2.28 bits per heavy atom. The lowest BCUT2D eigenvalue weighted by atomic mass is 9.96. The van der Waals surface area contributed by atoms with Gasteiger partial charge in [0, 0.05) is 42.1 Å². The minimum atomic E-state index is -0.247. The molecule has 0 spiro atoms. The number of aromatic nitrogens is 1. The predicted molar refractivity (Wildman–Crippen MR) is 98.8 cm³/mol. The molecule has 4 rings (SSSR count). The second-order valence-electron chi connectivity index (χ2n) is 6.67. The van der Waals surface area contributed by atoms with E-state index in [1.54, 1.807) is 0 Å². The lowest BCUT2D eigenvalue weighted by Crippen LogP contribution is -2.38. The van der Waals surface area contributed by atoms with Crippen molar-refractivity contribution in [3.8, 4) is 0 Å². The van der Waals surface area contributed by atoms with Crippen molar-refractivity contribution in [2.45, 2.75) is 38.9 Å². The largest absolute Gasteiger partial charge is 0.373 e. The molecule has 2 aliphatic rings. The van der Waals surface area contributed by atoms with Crippen LogP contribution >= 0.6 is 11.6 Å². The van der Waals surface area contributed by atoms with E-state index in [-0.39, 0.29) is 11.9 Å². The average molecular weight is 357 g/mol. The fourth-order valence-corrected chi connectivity index (χ4v) is 3.86. The zero-order valence-corrected chi connectivity index (χ0v) is 14.9. The van der Waals surface area contributed by atoms with Crippen molar-refractivity contribution in [1.29, 1.82) is 0 Å². The van der Waals surface area contributed by atoms with Gasteiger partial charge in [0.1, 0.15) is 6.04 Å². The molecule has 2 aromatic rings. The molecular weight excluding hydrogens is 336 g/mol. The van der Waals surface area contributed by atoms with E-state index in [0.717, 1.165) is 42.0 Å². The number of aryl methyl sites for hydroxylation is 1. The molecule has 1 atom stereocenters. The maximum atomic E-state index is 12.6. The summed E-state index contributed by atoms with van der Waals surface area (Å²) in [7, 11) is 0. The number of pyridine rings is 1. The van der Waals surface area contributed by atoms with E-state index in [2.05, 4.69) is 20.9 Å². The van der Waals surface area contributed by atoms with Crippen LogP contribution in [-0.4, -0.2) is 23.5 Å². The number of carbonyl (C=O) groups excluding carboxylic acids is 1. The summed E-state index contributed by atoms with van der Waals surface area (Å²) in [6.07, 6.45) is 3.59. The molecule has 5 nitrogen and oxygen atoms in total. The van der Waals surface area contributed by atoms with Crippen molar-refractivity contribution in [3.05, 3.63) is 57.4 Å². The molecule has 6 heteroatoms. The maximum Gasteiger partial charge on any atom is 0.243 e. The number of nitrogens with one attached hydrogen (secondary N) is 3. The Kier molecular flexibility index (Phi) is 4.36. The first-order valence-electron chi connectivity index (χ1n) is 8.61. The van der Waals surface area contributed by atoms with Gasteiger partial charge in [0.25, 0.3) is 0 Å². The smallest absolute Gasteiger partial charge is 0.243 e. The highest BCUT2D eigenvalue weighted by Crippen LogP contribution is 2.28. The highest BCUT2D eigenvalue weighted by molar-refractivity contribution is 6.30. The van der Waals surface area contributed by atoms with Crippen LogP contribution in [-0.2, 0) is 30.7 Å². The summed E-state index contributed by atoms with van der Waals surface area (Å²) in [5.74, 6) is 0.0123. The van der Waals surface area contributed by atoms with Crippen LogP contribution < -0.4 is 16.0 Å². The predicted octanol–water partition coefficient (Wildman–Crippen LogP) is 2.34. The zero-order chi connectivity index (χ0) is 17.4. The van der Waals surface area contributed by atoms with Crippen molar-refractivity contribution in [1.82, 2.24) is 15.6 Å². The van der Waals surface area contributed by atoms with Gasteiger partial charge in [-0.2, -0.15) is 0 Å². The fraction of sp³-hybridized carbons (Fsp3) is 0.368. The molecule has 3 N–H and O–H groups in total. The van der Waals surface area contributed by atoms with E-state index in [1.807, 2.05) is 31.3 Å². The van der Waals surface area contributed by atoms with Gasteiger partial charge in [0.2, 0.25) is 5.91 Å². The molecule has 0 radical (unpaired) electrons. The maximum absolute atomic E-state index is 12.6. The normalized spacial score (nSPS) is 18.2. The standard InChI is InChI=1S/C19H21ClN4O/c1-11-16(15-4-5-21-8-13(15)9-22-11)10-23-19(25)18-7-12-6-14(20)2-3-17(12)24-18/h2-3,6,9,18,21,24H,4-5,7-8,10H2,1H3,(H,23,25)/t18-/m1/s1. The van der Waals surface area contributed by atoms with Crippen molar-refractivity contribution in [2.24, 2.45) is 0 Å². The summed E-state index contributed by atoms with van der Waals surface area (Å²) >= 11 is 6.04. The van der Waals surface area contributed by atoms with Gasteiger partial charge >= 0.3 is 0 Å². The number of amides is 1. The number of halogens is 1. The van der Waals surface area contributed by atoms with E-state index in [1.165, 1.54) is 11.1 Å². The Morgan fingerprint density at radius 3 is 3.16 bits per heavy atom. The number of rotatable bonds is 3. The number of fused-ring (bicyclic) bond motifs is 2. The third-order valence-corrected chi connectivity index (χ3v) is 5.28. The molecule has 130 valence electrons. The number of hydrogen-bond acceptors (Lipinski definition) is 4. The molecule has 0 unspecified atom stereocenters. The molecular formula is C19H21ClN4O. The number of carbonyl (C=O) groups is 1. The lowest BCUT2D eigenvalue weighted by Gasteiger charge is -2.22. The summed E-state index contributed by atoms with van der Waals surface area (Å²) in [6.45, 7) is 4.35. The molecule has 0 saturated carbocycles. The van der Waals surface area contributed by atoms with Crippen LogP contribution in [0, 0.1) is 6.92 Å². The van der Waals surface area contributed by atoms with Gasteiger partial charge in [-0.05, 0) is 60.3 Å². The summed E-state index contributed by atoms with van der Waals surface area (Å²) in [4.78, 5) is 17.1. The van der Waals surface area contributed by atoms with Crippen LogP contribution in [0.5, 0.6) is 0 Å². The SMILES string of the molecule is Cc1ncc2c(c1CNC(=O)[C@H]1Cc3cc(Cl)ccc3N1)CCNC2. The van der Waals surface area contributed by atoms with E-state index < -0.39 is 0 Å². The number of benzene rings is 1. The summed E-state index contributed by atoms with van der Waals surface area (Å²) in [5, 5.41) is 10.4. The van der Waals surface area contributed by atoms with E-state index >= 15 is 0 Å². The summed E-state index contributed by atoms with van der Waals surface area (Å²) < 4.78 is 0. The van der Waals surface area contributed by atoms with Crippen LogP contribution in [0.1, 0.15) is 27.9 Å². The minimum Gasteiger partial charge on any atom is -0.373 e. The summed E-state index contributed by atoms with van der Waals surface area (Å²) in [6, 6.07) is 5.45. The minimum absolute atomic E-state index is 0.0123. The van der Waals surface area contributed by atoms with Gasteiger partial charge in [0.15, 0.2) is 0 Å². The molecule has 25 heavy (non-hydrogen) atoms. The second-order valence-corrected chi connectivity index (χ2v) is 7.11. The van der Waals surface area contributed by atoms with Crippen LogP contribution in [0.15, 0.2) is 24.4 Å². The van der Waals surface area contributed by atoms with Gasteiger partial charge in [-0.3, -0.25) is 9.78 Å². The Hall–Kier alpha value is -2.11. The molecule has 0 bridgehead atoms. The molecule has 2 aliphatic heterocycles.